The van der Waals surface area contributed by atoms with Crippen molar-refractivity contribution in [3.63, 3.8) is 0 Å². The molecule has 0 aromatic carbocycles. The number of aromatic nitrogens is 2. The highest BCUT2D eigenvalue weighted by Crippen LogP contribution is 2.36. The van der Waals surface area contributed by atoms with Crippen LogP contribution in [0.4, 0.5) is 8.78 Å². The maximum absolute atomic E-state index is 12.9. The molecule has 4 atom stereocenters. The van der Waals surface area contributed by atoms with Crippen LogP contribution in [0.15, 0.2) is 15.8 Å². The number of aliphatic hydroxyl groups is 2. The van der Waals surface area contributed by atoms with E-state index in [2.05, 4.69) is 0 Å². The lowest BCUT2D eigenvalue weighted by molar-refractivity contribution is -0.0561. The molecule has 0 radical (unpaired) electrons. The van der Waals surface area contributed by atoms with Crippen LogP contribution in [0, 0.1) is 12.8 Å². The summed E-state index contributed by atoms with van der Waals surface area (Å²) in [6.45, 7) is 0.712. The molecule has 2 rings (SSSR count). The summed E-state index contributed by atoms with van der Waals surface area (Å²) in [4.78, 5) is 24.9. The van der Waals surface area contributed by atoms with E-state index in [9.17, 15) is 23.5 Å². The number of H-pyrrole nitrogens is 1. The van der Waals surface area contributed by atoms with Crippen LogP contribution >= 0.6 is 0 Å². The second kappa shape index (κ2) is 5.43. The van der Waals surface area contributed by atoms with E-state index in [4.69, 9.17) is 9.84 Å². The Morgan fingerprint density at radius 1 is 1.50 bits per heavy atom. The summed E-state index contributed by atoms with van der Waals surface area (Å²) in [6, 6.07) is 0. The van der Waals surface area contributed by atoms with E-state index >= 15 is 0 Å². The molecule has 112 valence electrons. The zero-order valence-corrected chi connectivity index (χ0v) is 10.5. The number of aliphatic hydroxyl groups excluding tert-OH is 2. The Morgan fingerprint density at radius 3 is 2.65 bits per heavy atom. The van der Waals surface area contributed by atoms with Crippen LogP contribution in [-0.2, 0) is 4.74 Å². The van der Waals surface area contributed by atoms with E-state index in [1.54, 1.807) is 0 Å². The quantitative estimate of drug-likeness (QED) is 0.661. The molecule has 0 unspecified atom stereocenters. The number of hydrogen-bond acceptors (Lipinski definition) is 5. The predicted octanol–water partition coefficient (Wildman–Crippen LogP) is -1.02. The number of halogens is 2. The number of aryl methyl sites for hydroxylation is 1. The van der Waals surface area contributed by atoms with E-state index in [0.717, 1.165) is 10.8 Å². The Balaban J connectivity index is 2.42. The molecule has 9 heteroatoms. The fourth-order valence-electron chi connectivity index (χ4n) is 2.24. The van der Waals surface area contributed by atoms with E-state index < -0.39 is 48.6 Å². The molecule has 2 heterocycles. The van der Waals surface area contributed by atoms with Gasteiger partial charge in [0.05, 0.1) is 18.6 Å². The lowest BCUT2D eigenvalue weighted by Crippen LogP contribution is -2.38. The van der Waals surface area contributed by atoms with Crippen molar-refractivity contribution in [2.45, 2.75) is 31.8 Å². The molecule has 1 aliphatic rings. The zero-order valence-electron chi connectivity index (χ0n) is 10.5. The molecule has 0 aliphatic carbocycles. The zero-order chi connectivity index (χ0) is 15.0. The molecule has 0 bridgehead atoms. The second-order valence-corrected chi connectivity index (χ2v) is 4.63. The highest BCUT2D eigenvalue weighted by atomic mass is 19.3. The third-order valence-corrected chi connectivity index (χ3v) is 3.32. The fourth-order valence-corrected chi connectivity index (χ4v) is 2.24. The van der Waals surface area contributed by atoms with Gasteiger partial charge in [-0.15, -0.1) is 0 Å². The summed E-state index contributed by atoms with van der Waals surface area (Å²) in [6.07, 6.45) is -6.12. The van der Waals surface area contributed by atoms with Crippen LogP contribution in [0.1, 0.15) is 11.8 Å². The second-order valence-electron chi connectivity index (χ2n) is 4.63. The fraction of sp³-hybridized carbons (Fsp3) is 0.636. The van der Waals surface area contributed by atoms with Crippen LogP contribution in [0.2, 0.25) is 0 Å². The Bertz CT molecular complexity index is 599. The van der Waals surface area contributed by atoms with Gasteiger partial charge in [0, 0.05) is 11.8 Å². The largest absolute Gasteiger partial charge is 0.394 e. The summed E-state index contributed by atoms with van der Waals surface area (Å²) in [5.74, 6) is -1.61. The van der Waals surface area contributed by atoms with E-state index in [1.165, 1.54) is 6.92 Å². The molecule has 1 saturated heterocycles. The first-order valence-corrected chi connectivity index (χ1v) is 5.91. The molecule has 7 nitrogen and oxygen atoms in total. The molecule has 1 aliphatic heterocycles. The molecule has 1 aromatic heterocycles. The Morgan fingerprint density at radius 2 is 2.15 bits per heavy atom. The topological polar surface area (TPSA) is 105 Å². The lowest BCUT2D eigenvalue weighted by Gasteiger charge is -2.19. The minimum absolute atomic E-state index is 0.168. The number of rotatable bonds is 3. The molecule has 20 heavy (non-hydrogen) atoms. The maximum Gasteiger partial charge on any atom is 0.330 e. The van der Waals surface area contributed by atoms with E-state index in [0.29, 0.717) is 0 Å². The van der Waals surface area contributed by atoms with E-state index in [1.807, 2.05) is 4.98 Å². The number of nitrogens with zero attached hydrogens (tertiary/aromatic N) is 1. The van der Waals surface area contributed by atoms with Crippen molar-refractivity contribution in [1.82, 2.24) is 9.55 Å². The Hall–Kier alpha value is -1.58. The number of hydrogen-bond donors (Lipinski definition) is 3. The maximum atomic E-state index is 12.9. The van der Waals surface area contributed by atoms with Gasteiger partial charge < -0.3 is 14.9 Å². The minimum Gasteiger partial charge on any atom is -0.394 e. The average molecular weight is 292 g/mol. The van der Waals surface area contributed by atoms with Gasteiger partial charge in [-0.25, -0.2) is 13.6 Å². The standard InChI is InChI=1S/C11H14F2N2O5/c1-4-2-15(11(19)14-9(4)18)10-7(17)6(8(12)13)5(3-16)20-10/h2,5-8,10,16-17H,3H2,1H3,(H,14,18,19)/t5-,6-,7+,10-/m1/s1. The van der Waals surface area contributed by atoms with Crippen LogP contribution in [0.5, 0.6) is 0 Å². The van der Waals surface area contributed by atoms with Gasteiger partial charge in [0.2, 0.25) is 6.43 Å². The summed E-state index contributed by atoms with van der Waals surface area (Å²) in [5, 5.41) is 18.9. The summed E-state index contributed by atoms with van der Waals surface area (Å²) in [7, 11) is 0. The van der Waals surface area contributed by atoms with Crippen molar-refractivity contribution in [2.75, 3.05) is 6.61 Å². The van der Waals surface area contributed by atoms with Crippen molar-refractivity contribution in [2.24, 2.45) is 5.92 Å². The molecular weight excluding hydrogens is 278 g/mol. The third-order valence-electron chi connectivity index (χ3n) is 3.32. The van der Waals surface area contributed by atoms with Gasteiger partial charge in [0.15, 0.2) is 6.23 Å². The lowest BCUT2D eigenvalue weighted by atomic mass is 9.99. The van der Waals surface area contributed by atoms with Gasteiger partial charge in [-0.05, 0) is 6.92 Å². The minimum atomic E-state index is -2.91. The van der Waals surface area contributed by atoms with Gasteiger partial charge in [-0.1, -0.05) is 0 Å². The molecular formula is C11H14F2N2O5. The Kier molecular flexibility index (Phi) is 4.02. The average Bonchev–Trinajstić information content (AvgIpc) is 2.71. The van der Waals surface area contributed by atoms with Crippen molar-refractivity contribution < 1.29 is 23.7 Å². The summed E-state index contributed by atoms with van der Waals surface area (Å²) in [5.41, 5.74) is -1.32. The highest BCUT2D eigenvalue weighted by Gasteiger charge is 2.49. The number of nitrogens with one attached hydrogen (secondary N) is 1. The van der Waals surface area contributed by atoms with Gasteiger partial charge in [-0.2, -0.15) is 0 Å². The van der Waals surface area contributed by atoms with Crippen LogP contribution in [0.3, 0.4) is 0 Å². The van der Waals surface area contributed by atoms with Crippen molar-refractivity contribution in [3.8, 4) is 0 Å². The highest BCUT2D eigenvalue weighted by molar-refractivity contribution is 5.03. The summed E-state index contributed by atoms with van der Waals surface area (Å²) < 4.78 is 31.7. The van der Waals surface area contributed by atoms with Gasteiger partial charge in [0.1, 0.15) is 6.10 Å². The first kappa shape index (κ1) is 14.8. The molecule has 0 saturated carbocycles. The number of ether oxygens (including phenoxy) is 1. The molecule has 0 spiro atoms. The smallest absolute Gasteiger partial charge is 0.330 e. The molecule has 1 aromatic rings. The molecule has 3 N–H and O–H groups in total. The first-order chi connectivity index (χ1) is 9.36. The predicted molar refractivity (Wildman–Crippen MR) is 62.6 cm³/mol. The number of aromatic amines is 1. The third kappa shape index (κ3) is 2.39. The SMILES string of the molecule is Cc1cn([C@@H]2O[C@H](CO)[C@@H](C(F)F)[C@@H]2O)c(=O)[nH]c1=O. The van der Waals surface area contributed by atoms with Crippen LogP contribution < -0.4 is 11.2 Å². The van der Waals surface area contributed by atoms with Gasteiger partial charge in [-0.3, -0.25) is 14.3 Å². The first-order valence-electron chi connectivity index (χ1n) is 5.91. The van der Waals surface area contributed by atoms with Gasteiger partial charge in [0.25, 0.3) is 5.56 Å². The normalized spacial score (nSPS) is 30.1. The molecule has 0 amide bonds. The molecule has 1 fully saturated rings. The van der Waals surface area contributed by atoms with Crippen molar-refractivity contribution in [1.29, 1.82) is 0 Å². The van der Waals surface area contributed by atoms with Gasteiger partial charge >= 0.3 is 5.69 Å². The number of alkyl halides is 2. The monoisotopic (exact) mass is 292 g/mol. The van der Waals surface area contributed by atoms with Crippen LogP contribution in [0.25, 0.3) is 0 Å². The van der Waals surface area contributed by atoms with Crippen LogP contribution in [-0.4, -0.2) is 45.0 Å². The van der Waals surface area contributed by atoms with Crippen molar-refractivity contribution >= 4 is 0 Å². The van der Waals surface area contributed by atoms with E-state index in [-0.39, 0.29) is 5.56 Å². The Labute approximate surface area is 111 Å². The summed E-state index contributed by atoms with van der Waals surface area (Å²) >= 11 is 0. The van der Waals surface area contributed by atoms with Crippen molar-refractivity contribution in [3.05, 3.63) is 32.6 Å².